The van der Waals surface area contributed by atoms with Crippen molar-refractivity contribution in [2.75, 3.05) is 6.54 Å². The van der Waals surface area contributed by atoms with E-state index >= 15 is 0 Å². The van der Waals surface area contributed by atoms with Crippen molar-refractivity contribution in [3.05, 3.63) is 29.3 Å². The van der Waals surface area contributed by atoms with Crippen molar-refractivity contribution in [1.82, 2.24) is 10.3 Å². The molecule has 0 spiro atoms. The van der Waals surface area contributed by atoms with E-state index in [1.165, 1.54) is 29.0 Å². The summed E-state index contributed by atoms with van der Waals surface area (Å²) < 4.78 is 1.30. The van der Waals surface area contributed by atoms with E-state index in [4.69, 9.17) is 0 Å². The Morgan fingerprint density at radius 2 is 2.17 bits per heavy atom. The molecule has 1 aromatic carbocycles. The van der Waals surface area contributed by atoms with E-state index in [0.717, 1.165) is 18.5 Å². The fourth-order valence-corrected chi connectivity index (χ4v) is 3.03. The second-order valence-corrected chi connectivity index (χ2v) is 5.94. The van der Waals surface area contributed by atoms with Crippen LogP contribution in [0.1, 0.15) is 38.1 Å². The molecular weight excluding hydrogens is 240 g/mol. The topological polar surface area (TPSA) is 24.9 Å². The number of benzene rings is 1. The van der Waals surface area contributed by atoms with Crippen LogP contribution in [-0.2, 0) is 6.42 Å². The normalized spacial score (nSPS) is 13.0. The first kappa shape index (κ1) is 13.5. The lowest BCUT2D eigenvalue weighted by molar-refractivity contribution is 0.498. The maximum atomic E-state index is 4.65. The predicted molar refractivity (Wildman–Crippen MR) is 80.3 cm³/mol. The smallest absolute Gasteiger partial charge is 0.0951 e. The lowest BCUT2D eigenvalue weighted by Gasteiger charge is -2.12. The molecule has 1 unspecified atom stereocenters. The van der Waals surface area contributed by atoms with E-state index in [1.54, 1.807) is 0 Å². The number of para-hydroxylation sites is 1. The summed E-state index contributed by atoms with van der Waals surface area (Å²) in [5.74, 6) is 0. The maximum Gasteiger partial charge on any atom is 0.0951 e. The van der Waals surface area contributed by atoms with Crippen LogP contribution in [0.15, 0.2) is 24.3 Å². The van der Waals surface area contributed by atoms with Gasteiger partial charge in [-0.05, 0) is 25.5 Å². The lowest BCUT2D eigenvalue weighted by atomic mass is 10.1. The fourth-order valence-electron chi connectivity index (χ4n) is 2.06. The molecule has 0 aliphatic rings. The van der Waals surface area contributed by atoms with Crippen LogP contribution >= 0.6 is 11.3 Å². The van der Waals surface area contributed by atoms with Crippen molar-refractivity contribution in [1.29, 1.82) is 0 Å². The number of fused-ring (bicyclic) bond motifs is 1. The minimum absolute atomic E-state index is 0.624. The van der Waals surface area contributed by atoms with Crippen molar-refractivity contribution in [3.63, 3.8) is 0 Å². The zero-order chi connectivity index (χ0) is 12.8. The van der Waals surface area contributed by atoms with E-state index in [0.29, 0.717) is 6.04 Å². The second kappa shape index (κ2) is 6.86. The second-order valence-electron chi connectivity index (χ2n) is 4.82. The predicted octanol–water partition coefficient (Wildman–Crippen LogP) is 4.01. The summed E-state index contributed by atoms with van der Waals surface area (Å²) in [6.45, 7) is 5.55. The summed E-state index contributed by atoms with van der Waals surface area (Å²) in [6, 6.07) is 8.99. The Bertz CT molecular complexity index is 445. The van der Waals surface area contributed by atoms with Crippen LogP contribution in [0.5, 0.6) is 0 Å². The van der Waals surface area contributed by atoms with Crippen LogP contribution < -0.4 is 5.32 Å². The van der Waals surface area contributed by atoms with Crippen molar-refractivity contribution in [3.8, 4) is 0 Å². The molecule has 0 bridgehead atoms. The van der Waals surface area contributed by atoms with Crippen LogP contribution in [0, 0.1) is 0 Å². The van der Waals surface area contributed by atoms with Crippen molar-refractivity contribution in [2.45, 2.75) is 45.6 Å². The van der Waals surface area contributed by atoms with E-state index in [9.17, 15) is 0 Å². The molecule has 0 fully saturated rings. The molecule has 2 nitrogen and oxygen atoms in total. The van der Waals surface area contributed by atoms with Gasteiger partial charge in [0.15, 0.2) is 0 Å². The zero-order valence-electron chi connectivity index (χ0n) is 11.3. The minimum atomic E-state index is 0.624. The van der Waals surface area contributed by atoms with Gasteiger partial charge in [0.25, 0.3) is 0 Å². The molecule has 0 amide bonds. The highest BCUT2D eigenvalue weighted by Gasteiger charge is 2.04. The van der Waals surface area contributed by atoms with Gasteiger partial charge in [-0.1, -0.05) is 31.9 Å². The van der Waals surface area contributed by atoms with Crippen molar-refractivity contribution in [2.24, 2.45) is 0 Å². The third-order valence-electron chi connectivity index (χ3n) is 3.16. The largest absolute Gasteiger partial charge is 0.314 e. The number of rotatable bonds is 7. The highest BCUT2D eigenvalue weighted by Crippen LogP contribution is 2.21. The molecule has 1 aromatic heterocycles. The molecule has 1 heterocycles. The van der Waals surface area contributed by atoms with E-state index < -0.39 is 0 Å². The maximum absolute atomic E-state index is 4.65. The molecule has 0 aliphatic carbocycles. The molecule has 0 saturated carbocycles. The first-order valence-electron chi connectivity index (χ1n) is 6.87. The number of aromatic nitrogens is 1. The molecule has 0 radical (unpaired) electrons. The monoisotopic (exact) mass is 262 g/mol. The van der Waals surface area contributed by atoms with Gasteiger partial charge in [0, 0.05) is 19.0 Å². The van der Waals surface area contributed by atoms with Crippen LogP contribution in [0.4, 0.5) is 0 Å². The molecule has 2 aromatic rings. The molecule has 0 saturated heterocycles. The van der Waals surface area contributed by atoms with Crippen LogP contribution in [0.3, 0.4) is 0 Å². The van der Waals surface area contributed by atoms with Crippen molar-refractivity contribution >= 4 is 21.6 Å². The summed E-state index contributed by atoms with van der Waals surface area (Å²) in [5.41, 5.74) is 1.14. The van der Waals surface area contributed by atoms with E-state index in [2.05, 4.69) is 48.4 Å². The number of hydrogen-bond acceptors (Lipinski definition) is 3. The minimum Gasteiger partial charge on any atom is -0.314 e. The summed E-state index contributed by atoms with van der Waals surface area (Å²) in [7, 11) is 0. The molecule has 1 atom stereocenters. The molecule has 1 N–H and O–H groups in total. The number of nitrogens with zero attached hydrogens (tertiary/aromatic N) is 1. The average molecular weight is 262 g/mol. The van der Waals surface area contributed by atoms with E-state index in [-0.39, 0.29) is 0 Å². The molecule has 98 valence electrons. The van der Waals surface area contributed by atoms with E-state index in [1.807, 2.05) is 11.3 Å². The van der Waals surface area contributed by atoms with Gasteiger partial charge >= 0.3 is 0 Å². The summed E-state index contributed by atoms with van der Waals surface area (Å²) in [5, 5.41) is 4.82. The van der Waals surface area contributed by atoms with Gasteiger partial charge < -0.3 is 5.32 Å². The Morgan fingerprint density at radius 3 is 2.94 bits per heavy atom. The number of nitrogens with one attached hydrogen (secondary N) is 1. The van der Waals surface area contributed by atoms with Gasteiger partial charge in [-0.2, -0.15) is 0 Å². The van der Waals surface area contributed by atoms with Gasteiger partial charge in [-0.25, -0.2) is 4.98 Å². The highest BCUT2D eigenvalue weighted by atomic mass is 32.1. The first-order chi connectivity index (χ1) is 8.79. The van der Waals surface area contributed by atoms with Gasteiger partial charge in [0.2, 0.25) is 0 Å². The number of thiazole rings is 1. The number of unbranched alkanes of at least 4 members (excludes halogenated alkanes) is 1. The summed E-state index contributed by atoms with van der Waals surface area (Å²) in [4.78, 5) is 4.65. The van der Waals surface area contributed by atoms with Gasteiger partial charge in [-0.3, -0.25) is 0 Å². The number of hydrogen-bond donors (Lipinski definition) is 1. The highest BCUT2D eigenvalue weighted by molar-refractivity contribution is 7.18. The quantitative estimate of drug-likeness (QED) is 0.815. The Balaban J connectivity index is 1.79. The fraction of sp³-hybridized carbons (Fsp3) is 0.533. The van der Waals surface area contributed by atoms with Gasteiger partial charge in [0.1, 0.15) is 0 Å². The van der Waals surface area contributed by atoms with Crippen molar-refractivity contribution < 1.29 is 0 Å². The van der Waals surface area contributed by atoms with Gasteiger partial charge in [0.05, 0.1) is 15.2 Å². The Labute approximate surface area is 113 Å². The van der Waals surface area contributed by atoms with Crippen LogP contribution in [0.25, 0.3) is 10.2 Å². The molecule has 18 heavy (non-hydrogen) atoms. The Kier molecular flexibility index (Phi) is 5.14. The summed E-state index contributed by atoms with van der Waals surface area (Å²) >= 11 is 1.82. The Hall–Kier alpha value is -0.930. The summed E-state index contributed by atoms with van der Waals surface area (Å²) in [6.07, 6.45) is 4.91. The molecule has 2 rings (SSSR count). The standard InChI is InChI=1S/C15H22N2S/c1-3-4-7-12(2)16-11-10-15-17-13-8-5-6-9-14(13)18-15/h5-6,8-9,12,16H,3-4,7,10-11H2,1-2H3. The zero-order valence-corrected chi connectivity index (χ0v) is 12.1. The Morgan fingerprint density at radius 1 is 1.33 bits per heavy atom. The SMILES string of the molecule is CCCCC(C)NCCc1nc2ccccc2s1. The van der Waals surface area contributed by atoms with Gasteiger partial charge in [-0.15, -0.1) is 11.3 Å². The lowest BCUT2D eigenvalue weighted by Crippen LogP contribution is -2.27. The van der Waals surface area contributed by atoms with Crippen LogP contribution in [0.2, 0.25) is 0 Å². The third kappa shape index (κ3) is 3.79. The molecule has 0 aliphatic heterocycles. The van der Waals surface area contributed by atoms with Crippen LogP contribution in [-0.4, -0.2) is 17.6 Å². The molecular formula is C15H22N2S. The third-order valence-corrected chi connectivity index (χ3v) is 4.26. The molecule has 3 heteroatoms. The first-order valence-corrected chi connectivity index (χ1v) is 7.69. The average Bonchev–Trinajstić information content (AvgIpc) is 2.79.